The van der Waals surface area contributed by atoms with Gasteiger partial charge in [0.1, 0.15) is 0 Å². The first-order valence-electron chi connectivity index (χ1n) is 7.66. The third-order valence-corrected chi connectivity index (χ3v) is 6.95. The van der Waals surface area contributed by atoms with Gasteiger partial charge in [-0.2, -0.15) is 0 Å². The number of nitrogens with one attached hydrogen (secondary N) is 1. The van der Waals surface area contributed by atoms with Crippen LogP contribution in [0.3, 0.4) is 0 Å². The number of alkyl halides is 1. The molecule has 0 aliphatic carbocycles. The second-order valence-electron chi connectivity index (χ2n) is 5.53. The Morgan fingerprint density at radius 1 is 1.26 bits per heavy atom. The van der Waals surface area contributed by atoms with Gasteiger partial charge < -0.3 is 0 Å². The molecular weight excluding hydrogens is 535 g/mol. The van der Waals surface area contributed by atoms with Crippen molar-refractivity contribution < 1.29 is 30.6 Å². The Bertz CT molecular complexity index is 936. The van der Waals surface area contributed by atoms with Crippen molar-refractivity contribution in [1.82, 2.24) is 0 Å². The number of phenolic OH excluding ortho intramolecular Hbond substituents is 1. The molecule has 144 valence electrons. The molecule has 0 fully saturated rings. The van der Waals surface area contributed by atoms with Crippen LogP contribution in [0.2, 0.25) is 0 Å². The van der Waals surface area contributed by atoms with E-state index in [4.69, 9.17) is 3.73 Å². The summed E-state index contributed by atoms with van der Waals surface area (Å²) in [6.45, 7) is 1.18. The summed E-state index contributed by atoms with van der Waals surface area (Å²) in [4.78, 5) is 23.6. The van der Waals surface area contributed by atoms with Crippen molar-refractivity contribution in [2.24, 2.45) is 0 Å². The molecule has 27 heavy (non-hydrogen) atoms. The van der Waals surface area contributed by atoms with E-state index in [1.165, 1.54) is 13.0 Å². The normalized spacial score (nSPS) is 12.9. The Balaban J connectivity index is 2.33. The van der Waals surface area contributed by atoms with E-state index in [0.29, 0.717) is 16.4 Å². The van der Waals surface area contributed by atoms with E-state index >= 15 is 0 Å². The fourth-order valence-electron chi connectivity index (χ4n) is 2.27. The Kier molecular flexibility index (Phi) is 7.07. The van der Waals surface area contributed by atoms with Crippen LogP contribution in [0.25, 0.3) is 0 Å². The zero-order valence-corrected chi connectivity index (χ0v) is 18.1. The van der Waals surface area contributed by atoms with Gasteiger partial charge in [0.05, 0.1) is 0 Å². The molecule has 0 saturated heterocycles. The third kappa shape index (κ3) is 5.57. The second-order valence-corrected chi connectivity index (χ2v) is 10.2. The summed E-state index contributed by atoms with van der Waals surface area (Å²) in [6.07, 6.45) is 0.389. The first-order chi connectivity index (χ1) is 12.6. The molecule has 0 bridgehead atoms. The van der Waals surface area contributed by atoms with Gasteiger partial charge in [0.2, 0.25) is 0 Å². The molecule has 0 radical (unpaired) electrons. The molecule has 3 N–H and O–H groups in total. The van der Waals surface area contributed by atoms with E-state index in [9.17, 15) is 26.9 Å². The number of phenols is 1. The van der Waals surface area contributed by atoms with Crippen molar-refractivity contribution in [2.45, 2.75) is 13.3 Å². The van der Waals surface area contributed by atoms with Crippen molar-refractivity contribution in [3.63, 3.8) is 0 Å². The summed E-state index contributed by atoms with van der Waals surface area (Å²) in [5, 5.41) is 11.8. The fourth-order valence-corrected chi connectivity index (χ4v) is 5.19. The molecule has 0 aromatic heterocycles. The number of rotatable bonds is 6. The first-order valence-corrected chi connectivity index (χ1v) is 12.5. The summed E-state index contributed by atoms with van der Waals surface area (Å²) in [5.74, 6) is -2.35. The Labute approximate surface area is 171 Å². The summed E-state index contributed by atoms with van der Waals surface area (Å²) >= 11 is -3.37. The van der Waals surface area contributed by atoms with Crippen molar-refractivity contribution in [3.05, 3.63) is 53.3 Å². The maximum atomic E-state index is 13.7. The monoisotopic (exact) mass is 551 g/mol. The van der Waals surface area contributed by atoms with Crippen LogP contribution < -0.4 is 9.67 Å². The van der Waals surface area contributed by atoms with Gasteiger partial charge in [0.25, 0.3) is 0 Å². The van der Waals surface area contributed by atoms with Gasteiger partial charge in [-0.15, -0.1) is 0 Å². The molecule has 0 spiro atoms. The quantitative estimate of drug-likeness (QED) is 0.288. The average molecular weight is 551 g/mol. The van der Waals surface area contributed by atoms with Crippen LogP contribution in [-0.4, -0.2) is 39.7 Å². The van der Waals surface area contributed by atoms with E-state index in [2.05, 4.69) is 27.9 Å². The fraction of sp³-hybridized carbons (Fsp3) is 0.176. The standard InChI is InChI=1S/C17H16AsFINO6/c1-10(22)21-16-9-13(23)3-4-14(16)18(25,26)27-17(24)12-2-5-15(19)11(8-12)6-7-20/h2-5,8-9,23H,6-7H2,1H3,(H,21,22)(H,25,26). The Morgan fingerprint density at radius 3 is 2.59 bits per heavy atom. The Morgan fingerprint density at radius 2 is 1.96 bits per heavy atom. The van der Waals surface area contributed by atoms with Crippen molar-refractivity contribution >= 4 is 58.7 Å². The van der Waals surface area contributed by atoms with E-state index in [1.807, 2.05) is 0 Å². The molecule has 0 saturated carbocycles. The number of hydrogen-bond donors (Lipinski definition) is 3. The zero-order chi connectivity index (χ0) is 20.2. The number of benzene rings is 2. The summed E-state index contributed by atoms with van der Waals surface area (Å²) in [5.41, 5.74) is 0.0966. The summed E-state index contributed by atoms with van der Waals surface area (Å²) < 4.78 is 41.8. The molecule has 2 aromatic carbocycles. The maximum absolute atomic E-state index is 13.7. The number of amides is 1. The van der Waals surface area contributed by atoms with E-state index < -0.39 is 31.9 Å². The van der Waals surface area contributed by atoms with Gasteiger partial charge in [0.15, 0.2) is 0 Å². The van der Waals surface area contributed by atoms with Crippen LogP contribution in [0.15, 0.2) is 36.4 Å². The number of aromatic hydroxyl groups is 1. The first kappa shape index (κ1) is 21.5. The number of anilines is 1. The van der Waals surface area contributed by atoms with Crippen LogP contribution in [0.1, 0.15) is 22.8 Å². The van der Waals surface area contributed by atoms with Crippen molar-refractivity contribution in [1.29, 1.82) is 0 Å². The van der Waals surface area contributed by atoms with Crippen LogP contribution in [-0.2, 0) is 18.7 Å². The Hall–Kier alpha value is -1.84. The van der Waals surface area contributed by atoms with Crippen LogP contribution in [0, 0.1) is 5.82 Å². The minimum atomic E-state index is -5.43. The SMILES string of the molecule is CC(=O)Nc1cc(O)ccc1[As](=O)(O)OC(=O)c1ccc(F)c(CCI)c1. The van der Waals surface area contributed by atoms with Gasteiger partial charge in [0, 0.05) is 0 Å². The van der Waals surface area contributed by atoms with E-state index in [0.717, 1.165) is 30.3 Å². The molecule has 2 aromatic rings. The number of carbonyl (C=O) groups is 2. The molecule has 7 nitrogen and oxygen atoms in total. The van der Waals surface area contributed by atoms with Gasteiger partial charge in [-0.1, -0.05) is 0 Å². The summed E-state index contributed by atoms with van der Waals surface area (Å²) in [7, 11) is 0. The number of halogens is 2. The average Bonchev–Trinajstić information content (AvgIpc) is 2.55. The summed E-state index contributed by atoms with van der Waals surface area (Å²) in [6, 6.07) is 6.84. The second kappa shape index (κ2) is 8.90. The van der Waals surface area contributed by atoms with Crippen LogP contribution in [0.4, 0.5) is 10.1 Å². The van der Waals surface area contributed by atoms with Gasteiger partial charge in [-0.25, -0.2) is 0 Å². The molecule has 0 aliphatic rings. The molecule has 1 atom stereocenters. The van der Waals surface area contributed by atoms with Crippen LogP contribution >= 0.6 is 22.6 Å². The predicted molar refractivity (Wildman–Crippen MR) is 105 cm³/mol. The molecule has 0 aliphatic heterocycles. The van der Waals surface area contributed by atoms with Crippen molar-refractivity contribution in [3.8, 4) is 5.75 Å². The topological polar surface area (TPSA) is 113 Å². The molecule has 1 amide bonds. The zero-order valence-electron chi connectivity index (χ0n) is 14.1. The molecule has 10 heteroatoms. The number of aryl methyl sites for hydroxylation is 1. The van der Waals surface area contributed by atoms with E-state index in [-0.39, 0.29) is 21.4 Å². The van der Waals surface area contributed by atoms with Gasteiger partial charge in [-0.05, 0) is 0 Å². The minimum absolute atomic E-state index is 0.0632. The molecule has 1 unspecified atom stereocenters. The van der Waals surface area contributed by atoms with Crippen LogP contribution in [0.5, 0.6) is 5.75 Å². The third-order valence-electron chi connectivity index (χ3n) is 3.45. The van der Waals surface area contributed by atoms with Crippen molar-refractivity contribution in [2.75, 3.05) is 9.74 Å². The number of hydrogen-bond acceptors (Lipinski definition) is 5. The van der Waals surface area contributed by atoms with E-state index in [1.54, 1.807) is 0 Å². The molecular formula is C17H16AsFINO6. The van der Waals surface area contributed by atoms with Gasteiger partial charge in [-0.3, -0.25) is 0 Å². The van der Waals surface area contributed by atoms with Gasteiger partial charge >= 0.3 is 172 Å². The molecule has 2 rings (SSSR count). The predicted octanol–water partition coefficient (Wildman–Crippen LogP) is 1.89. The molecule has 0 heterocycles. The number of carbonyl (C=O) groups excluding carboxylic acids is 2.